The van der Waals surface area contributed by atoms with Gasteiger partial charge in [0.25, 0.3) is 5.89 Å². The van der Waals surface area contributed by atoms with Gasteiger partial charge in [-0.1, -0.05) is 28.6 Å². The van der Waals surface area contributed by atoms with Gasteiger partial charge in [0, 0.05) is 5.56 Å². The lowest BCUT2D eigenvalue weighted by Crippen LogP contribution is -2.04. The van der Waals surface area contributed by atoms with Crippen molar-refractivity contribution in [3.05, 3.63) is 59.9 Å². The highest BCUT2D eigenvalue weighted by Gasteiger charge is 2.20. The largest absolute Gasteiger partial charge is 0.382 e. The summed E-state index contributed by atoms with van der Waals surface area (Å²) in [5.41, 5.74) is 8.91. The zero-order valence-electron chi connectivity index (χ0n) is 13.2. The lowest BCUT2D eigenvalue weighted by molar-refractivity contribution is 0.431. The van der Waals surface area contributed by atoms with Crippen molar-refractivity contribution >= 4 is 5.82 Å². The first kappa shape index (κ1) is 15.0. The summed E-state index contributed by atoms with van der Waals surface area (Å²) in [7, 11) is 0. The fourth-order valence-corrected chi connectivity index (χ4v) is 2.46. The molecule has 2 N–H and O–H groups in total. The Morgan fingerprint density at radius 2 is 1.84 bits per heavy atom. The van der Waals surface area contributed by atoms with E-state index in [1.807, 2.05) is 31.2 Å². The van der Waals surface area contributed by atoms with Crippen LogP contribution in [0.5, 0.6) is 0 Å². The van der Waals surface area contributed by atoms with Gasteiger partial charge in [-0.25, -0.2) is 4.39 Å². The van der Waals surface area contributed by atoms with E-state index >= 15 is 0 Å². The lowest BCUT2D eigenvalue weighted by atomic mass is 10.2. The van der Waals surface area contributed by atoms with Gasteiger partial charge in [0.2, 0.25) is 5.82 Å². The van der Waals surface area contributed by atoms with Crippen molar-refractivity contribution in [2.45, 2.75) is 6.92 Å². The monoisotopic (exact) mass is 336 g/mol. The smallest absolute Gasteiger partial charge is 0.282 e. The topological polar surface area (TPSA) is 95.6 Å². The lowest BCUT2D eigenvalue weighted by Gasteiger charge is -2.05. The van der Waals surface area contributed by atoms with Crippen molar-refractivity contribution < 1.29 is 8.91 Å². The molecule has 0 atom stereocenters. The van der Waals surface area contributed by atoms with Crippen molar-refractivity contribution in [3.63, 3.8) is 0 Å². The second-order valence-electron chi connectivity index (χ2n) is 5.45. The highest BCUT2D eigenvalue weighted by atomic mass is 19.1. The van der Waals surface area contributed by atoms with Gasteiger partial charge in [-0.05, 0) is 42.8 Å². The first-order valence-corrected chi connectivity index (χ1v) is 7.50. The first-order chi connectivity index (χ1) is 12.1. The summed E-state index contributed by atoms with van der Waals surface area (Å²) in [5.74, 6) is 0.429. The van der Waals surface area contributed by atoms with Crippen LogP contribution in [-0.2, 0) is 0 Å². The third kappa shape index (κ3) is 2.63. The third-order valence-electron chi connectivity index (χ3n) is 3.78. The van der Waals surface area contributed by atoms with Crippen LogP contribution in [0.4, 0.5) is 10.2 Å². The molecule has 0 fully saturated rings. The van der Waals surface area contributed by atoms with Crippen molar-refractivity contribution in [2.24, 2.45) is 0 Å². The number of nitrogens with two attached hydrogens (primary N) is 1. The number of nitrogen functional groups attached to an aromatic ring is 1. The Morgan fingerprint density at radius 1 is 1.08 bits per heavy atom. The molecular weight excluding hydrogens is 323 g/mol. The summed E-state index contributed by atoms with van der Waals surface area (Å²) in [5, 5.41) is 12.0. The summed E-state index contributed by atoms with van der Waals surface area (Å²) < 4.78 is 19.8. The maximum atomic E-state index is 13.0. The van der Waals surface area contributed by atoms with E-state index in [-0.39, 0.29) is 11.7 Å². The Bertz CT molecular complexity index is 1040. The molecule has 0 unspecified atom stereocenters. The summed E-state index contributed by atoms with van der Waals surface area (Å²) in [6, 6.07) is 13.5. The average molecular weight is 336 g/mol. The van der Waals surface area contributed by atoms with Crippen LogP contribution >= 0.6 is 0 Å². The van der Waals surface area contributed by atoms with Gasteiger partial charge in [0.15, 0.2) is 11.5 Å². The van der Waals surface area contributed by atoms with Crippen molar-refractivity contribution in [3.8, 4) is 28.7 Å². The quantitative estimate of drug-likeness (QED) is 0.618. The van der Waals surface area contributed by atoms with E-state index in [1.165, 1.54) is 16.8 Å². The van der Waals surface area contributed by atoms with Gasteiger partial charge in [0.1, 0.15) is 5.82 Å². The molecule has 7 nitrogen and oxygen atoms in total. The number of aromatic nitrogens is 5. The predicted molar refractivity (Wildman–Crippen MR) is 89.2 cm³/mol. The number of hydrogen-bond donors (Lipinski definition) is 1. The Balaban J connectivity index is 1.72. The predicted octanol–water partition coefficient (Wildman–Crippen LogP) is 3.01. The molecule has 8 heteroatoms. The second kappa shape index (κ2) is 5.82. The van der Waals surface area contributed by atoms with Gasteiger partial charge in [-0.3, -0.25) is 0 Å². The molecule has 0 aliphatic rings. The van der Waals surface area contributed by atoms with Gasteiger partial charge >= 0.3 is 0 Å². The maximum absolute atomic E-state index is 13.0. The minimum absolute atomic E-state index is 0.150. The number of halogens is 1. The molecule has 0 amide bonds. The van der Waals surface area contributed by atoms with E-state index in [4.69, 9.17) is 10.3 Å². The van der Waals surface area contributed by atoms with Crippen LogP contribution in [0, 0.1) is 12.7 Å². The van der Waals surface area contributed by atoms with Crippen LogP contribution in [0.3, 0.4) is 0 Å². The molecule has 2 heterocycles. The van der Waals surface area contributed by atoms with E-state index in [0.717, 1.165) is 11.3 Å². The molecular formula is C17H13FN6O. The van der Waals surface area contributed by atoms with Crippen LogP contribution < -0.4 is 5.73 Å². The number of benzene rings is 2. The van der Waals surface area contributed by atoms with Crippen LogP contribution in [-0.4, -0.2) is 25.1 Å². The Hall–Kier alpha value is -3.55. The molecule has 0 spiro atoms. The molecule has 0 saturated heterocycles. The van der Waals surface area contributed by atoms with Gasteiger partial charge in [0.05, 0.1) is 5.69 Å². The maximum Gasteiger partial charge on any atom is 0.282 e. The average Bonchev–Trinajstić information content (AvgIpc) is 3.23. The first-order valence-electron chi connectivity index (χ1n) is 7.50. The summed E-state index contributed by atoms with van der Waals surface area (Å²) >= 11 is 0. The van der Waals surface area contributed by atoms with Crippen molar-refractivity contribution in [2.75, 3.05) is 5.73 Å². The van der Waals surface area contributed by atoms with E-state index in [9.17, 15) is 4.39 Å². The standard InChI is InChI=1S/C17H13FN6O/c1-10-4-2-3-5-13(10)24-15(19)14(21-23-24)17-20-16(22-25-17)11-6-8-12(18)9-7-11/h2-9H,19H2,1H3. The number of anilines is 1. The Kier molecular flexibility index (Phi) is 3.50. The minimum atomic E-state index is -0.335. The van der Waals surface area contributed by atoms with Crippen LogP contribution in [0.2, 0.25) is 0 Å². The molecule has 0 aliphatic heterocycles. The van der Waals surface area contributed by atoms with Crippen LogP contribution in [0.25, 0.3) is 28.7 Å². The Labute approximate surface area is 141 Å². The number of rotatable bonds is 3. The summed E-state index contributed by atoms with van der Waals surface area (Å²) in [6.07, 6.45) is 0. The molecule has 25 heavy (non-hydrogen) atoms. The zero-order chi connectivity index (χ0) is 17.4. The van der Waals surface area contributed by atoms with Crippen molar-refractivity contribution in [1.29, 1.82) is 0 Å². The number of hydrogen-bond acceptors (Lipinski definition) is 6. The molecule has 0 aliphatic carbocycles. The third-order valence-corrected chi connectivity index (χ3v) is 3.78. The highest BCUT2D eigenvalue weighted by Crippen LogP contribution is 2.27. The van der Waals surface area contributed by atoms with Gasteiger partial charge in [-0.15, -0.1) is 5.10 Å². The van der Waals surface area contributed by atoms with Crippen LogP contribution in [0.1, 0.15) is 5.56 Å². The SMILES string of the molecule is Cc1ccccc1-n1nnc(-c2nc(-c3ccc(F)cc3)no2)c1N. The van der Waals surface area contributed by atoms with E-state index in [2.05, 4.69) is 20.5 Å². The van der Waals surface area contributed by atoms with Gasteiger partial charge in [-0.2, -0.15) is 9.67 Å². The van der Waals surface area contributed by atoms with Gasteiger partial charge < -0.3 is 10.3 Å². The fourth-order valence-electron chi connectivity index (χ4n) is 2.46. The minimum Gasteiger partial charge on any atom is -0.382 e. The summed E-state index contributed by atoms with van der Waals surface area (Å²) in [6.45, 7) is 1.95. The molecule has 2 aromatic heterocycles. The second-order valence-corrected chi connectivity index (χ2v) is 5.45. The molecule has 4 aromatic rings. The highest BCUT2D eigenvalue weighted by molar-refractivity contribution is 5.66. The fraction of sp³-hybridized carbons (Fsp3) is 0.0588. The molecule has 0 bridgehead atoms. The number of nitrogens with zero attached hydrogens (tertiary/aromatic N) is 5. The van der Waals surface area contributed by atoms with Crippen LogP contribution in [0.15, 0.2) is 53.1 Å². The number of para-hydroxylation sites is 1. The van der Waals surface area contributed by atoms with E-state index in [1.54, 1.807) is 12.1 Å². The Morgan fingerprint density at radius 3 is 2.60 bits per heavy atom. The molecule has 0 radical (unpaired) electrons. The van der Waals surface area contributed by atoms with E-state index < -0.39 is 0 Å². The molecule has 124 valence electrons. The molecule has 2 aromatic carbocycles. The zero-order valence-corrected chi connectivity index (χ0v) is 13.2. The summed E-state index contributed by atoms with van der Waals surface area (Å²) in [4.78, 5) is 4.27. The van der Waals surface area contributed by atoms with E-state index in [0.29, 0.717) is 22.9 Å². The number of aryl methyl sites for hydroxylation is 1. The molecule has 0 saturated carbocycles. The molecule has 4 rings (SSSR count). The van der Waals surface area contributed by atoms with Crippen molar-refractivity contribution in [1.82, 2.24) is 25.1 Å². The normalized spacial score (nSPS) is 11.0.